The van der Waals surface area contributed by atoms with Crippen LogP contribution in [0.2, 0.25) is 0 Å². The zero-order valence-electron chi connectivity index (χ0n) is 21.5. The Bertz CT molecular complexity index is 1050. The Balaban J connectivity index is 1.27. The smallest absolute Gasteiger partial charge is 0.345 e. The zero-order valence-corrected chi connectivity index (χ0v) is 21.5. The van der Waals surface area contributed by atoms with Crippen LogP contribution in [-0.2, 0) is 14.4 Å². The van der Waals surface area contributed by atoms with E-state index in [2.05, 4.69) is 17.8 Å². The molecule has 9 nitrogen and oxygen atoms in total. The summed E-state index contributed by atoms with van der Waals surface area (Å²) < 4.78 is 37.7. The number of hydrogen-bond donors (Lipinski definition) is 3. The molecule has 4 fully saturated rings. The molecule has 1 aliphatic carbocycles. The molecule has 3 N–H and O–H groups in total. The second-order valence-electron chi connectivity index (χ2n) is 11.0. The quantitative estimate of drug-likeness (QED) is 0.529. The number of para-hydroxylation sites is 1. The van der Waals surface area contributed by atoms with Crippen molar-refractivity contribution in [2.24, 2.45) is 11.8 Å². The number of benzene rings is 1. The van der Waals surface area contributed by atoms with Gasteiger partial charge in [-0.25, -0.2) is 0 Å². The Morgan fingerprint density at radius 3 is 2.50 bits per heavy atom. The molecule has 1 saturated carbocycles. The first-order chi connectivity index (χ1) is 18.1. The molecule has 1 spiro atoms. The monoisotopic (exact) mass is 536 g/mol. The highest BCUT2D eigenvalue weighted by molar-refractivity contribution is 5.96. The molecule has 12 heteroatoms. The molecule has 0 radical (unpaired) electrons. The van der Waals surface area contributed by atoms with Crippen molar-refractivity contribution in [1.82, 2.24) is 26.0 Å². The summed E-state index contributed by atoms with van der Waals surface area (Å²) >= 11 is 0. The number of carbonyl (C=O) groups is 3. The summed E-state index contributed by atoms with van der Waals surface area (Å²) in [7, 11) is 0. The van der Waals surface area contributed by atoms with Gasteiger partial charge in [0, 0.05) is 36.8 Å². The molecule has 3 heterocycles. The molecular weight excluding hydrogens is 501 g/mol. The van der Waals surface area contributed by atoms with E-state index in [1.54, 1.807) is 0 Å². The fraction of sp³-hybridized carbons (Fsp3) is 0.654. The van der Waals surface area contributed by atoms with E-state index in [-0.39, 0.29) is 24.4 Å². The van der Waals surface area contributed by atoms with Crippen molar-refractivity contribution < 1.29 is 27.6 Å². The number of halogens is 3. The Kier molecular flexibility index (Phi) is 7.29. The average Bonchev–Trinajstić information content (AvgIpc) is 3.40. The molecule has 5 rings (SSSR count). The number of rotatable bonds is 5. The van der Waals surface area contributed by atoms with Crippen LogP contribution in [0.25, 0.3) is 0 Å². The molecule has 1 aromatic rings. The van der Waals surface area contributed by atoms with Crippen molar-refractivity contribution in [3.8, 4) is 0 Å². The molecule has 38 heavy (non-hydrogen) atoms. The number of anilines is 1. The number of hydrogen-bond acceptors (Lipinski definition) is 6. The van der Waals surface area contributed by atoms with Gasteiger partial charge in [-0.2, -0.15) is 13.2 Å². The Hall–Kier alpha value is -2.86. The van der Waals surface area contributed by atoms with Crippen molar-refractivity contribution in [3.05, 3.63) is 30.3 Å². The predicted molar refractivity (Wildman–Crippen MR) is 133 cm³/mol. The molecule has 3 amide bonds. The lowest BCUT2D eigenvalue weighted by molar-refractivity contribution is -0.144. The van der Waals surface area contributed by atoms with Gasteiger partial charge in [-0.15, -0.1) is 0 Å². The van der Waals surface area contributed by atoms with Gasteiger partial charge in [-0.3, -0.25) is 25.2 Å². The number of nitrogens with one attached hydrogen (secondary N) is 3. The van der Waals surface area contributed by atoms with Crippen LogP contribution in [0.3, 0.4) is 0 Å². The minimum atomic E-state index is -4.52. The first-order valence-corrected chi connectivity index (χ1v) is 13.3. The number of piperidine rings is 1. The molecule has 3 saturated heterocycles. The van der Waals surface area contributed by atoms with Crippen molar-refractivity contribution in [1.29, 1.82) is 0 Å². The third-order valence-corrected chi connectivity index (χ3v) is 8.69. The summed E-state index contributed by atoms with van der Waals surface area (Å²) in [6.45, 7) is 1.17. The minimum Gasteiger partial charge on any atom is -0.345 e. The predicted octanol–water partition coefficient (Wildman–Crippen LogP) is 1.61. The van der Waals surface area contributed by atoms with Gasteiger partial charge in [0.25, 0.3) is 5.91 Å². The number of carbonyl (C=O) groups excluding carboxylic acids is 3. The summed E-state index contributed by atoms with van der Waals surface area (Å²) in [5.41, 5.74) is 6.46. The fourth-order valence-corrected chi connectivity index (χ4v) is 6.61. The summed E-state index contributed by atoms with van der Waals surface area (Å²) in [5.74, 6) is -0.622. The summed E-state index contributed by atoms with van der Waals surface area (Å²) in [6, 6.07) is 10.0. The van der Waals surface area contributed by atoms with Crippen LogP contribution in [0, 0.1) is 11.8 Å². The van der Waals surface area contributed by atoms with E-state index in [0.717, 1.165) is 24.9 Å². The summed E-state index contributed by atoms with van der Waals surface area (Å²) in [4.78, 5) is 44.6. The van der Waals surface area contributed by atoms with E-state index in [1.807, 2.05) is 45.4 Å². The minimum absolute atomic E-state index is 0.0345. The normalized spacial score (nSPS) is 29.1. The van der Waals surface area contributed by atoms with E-state index in [1.165, 1.54) is 4.90 Å². The third-order valence-electron chi connectivity index (χ3n) is 8.69. The molecule has 4 aliphatic rings. The number of hydrazine groups is 1. The number of fused-ring (bicyclic) bond motifs is 1. The van der Waals surface area contributed by atoms with Gasteiger partial charge in [-0.1, -0.05) is 18.2 Å². The highest BCUT2D eigenvalue weighted by atomic mass is 19.4. The zero-order chi connectivity index (χ0) is 27.1. The highest BCUT2D eigenvalue weighted by Crippen LogP contribution is 2.41. The van der Waals surface area contributed by atoms with Gasteiger partial charge >= 0.3 is 6.18 Å². The molecule has 4 atom stereocenters. The molecule has 4 unspecified atom stereocenters. The summed E-state index contributed by atoms with van der Waals surface area (Å²) in [6.07, 6.45) is -1.12. The number of amides is 3. The maximum atomic E-state index is 13.7. The van der Waals surface area contributed by atoms with Crippen LogP contribution in [0.15, 0.2) is 30.3 Å². The van der Waals surface area contributed by atoms with Gasteiger partial charge in [-0.05, 0) is 57.1 Å². The largest absolute Gasteiger partial charge is 0.405 e. The summed E-state index contributed by atoms with van der Waals surface area (Å²) in [5, 5.41) is 1.86. The Labute approximate surface area is 220 Å². The first-order valence-electron chi connectivity index (χ1n) is 13.3. The lowest BCUT2D eigenvalue weighted by Crippen LogP contribution is -2.58. The van der Waals surface area contributed by atoms with E-state index >= 15 is 0 Å². The average molecular weight is 537 g/mol. The maximum absolute atomic E-state index is 13.7. The number of alkyl halides is 3. The molecular formula is C26H35F3N6O3. The van der Waals surface area contributed by atoms with Crippen LogP contribution in [0.5, 0.6) is 0 Å². The van der Waals surface area contributed by atoms with Crippen LogP contribution in [0.4, 0.5) is 18.9 Å². The standard InChI is InChI=1S/C26H35F3N6O3/c1-17-20-13-18(7-8-21(20)32-31-17)23(37)33-11-9-25(10-12-33)24(38)34(14-22(36)30-15-26(27,28)29)16-35(25)19-5-3-2-4-6-19/h2-6,17-18,20-21,31-32H,7-16H2,1H3,(H,30,36). The second-order valence-corrected chi connectivity index (χ2v) is 11.0. The van der Waals surface area contributed by atoms with E-state index < -0.39 is 30.7 Å². The van der Waals surface area contributed by atoms with Crippen molar-refractivity contribution in [2.45, 2.75) is 62.8 Å². The van der Waals surface area contributed by atoms with Crippen molar-refractivity contribution >= 4 is 23.4 Å². The van der Waals surface area contributed by atoms with Gasteiger partial charge in [0.15, 0.2) is 0 Å². The van der Waals surface area contributed by atoms with Crippen LogP contribution in [0.1, 0.15) is 39.0 Å². The van der Waals surface area contributed by atoms with E-state index in [4.69, 9.17) is 0 Å². The lowest BCUT2D eigenvalue weighted by atomic mass is 9.75. The van der Waals surface area contributed by atoms with E-state index in [9.17, 15) is 27.6 Å². The SMILES string of the molecule is CC1NNC2CCC(C(=O)N3CCC4(CC3)C(=O)N(CC(=O)NCC(F)(F)F)CN4c3ccccc3)CC12. The van der Waals surface area contributed by atoms with Gasteiger partial charge in [0.2, 0.25) is 11.8 Å². The van der Waals surface area contributed by atoms with Gasteiger partial charge < -0.3 is 20.0 Å². The first kappa shape index (κ1) is 26.7. The molecule has 0 aromatic heterocycles. The fourth-order valence-electron chi connectivity index (χ4n) is 6.61. The maximum Gasteiger partial charge on any atom is 0.405 e. The van der Waals surface area contributed by atoms with Crippen molar-refractivity contribution in [2.75, 3.05) is 37.7 Å². The molecule has 3 aliphatic heterocycles. The van der Waals surface area contributed by atoms with Crippen LogP contribution >= 0.6 is 0 Å². The van der Waals surface area contributed by atoms with Crippen LogP contribution < -0.4 is 21.1 Å². The number of nitrogens with zero attached hydrogens (tertiary/aromatic N) is 3. The molecule has 1 aromatic carbocycles. The third kappa shape index (κ3) is 5.20. The molecule has 208 valence electrons. The Morgan fingerprint density at radius 2 is 1.82 bits per heavy atom. The van der Waals surface area contributed by atoms with Gasteiger partial charge in [0.05, 0.1) is 6.67 Å². The highest BCUT2D eigenvalue weighted by Gasteiger charge is 2.55. The van der Waals surface area contributed by atoms with Gasteiger partial charge in [0.1, 0.15) is 18.6 Å². The number of likely N-dealkylation sites (tertiary alicyclic amines) is 1. The van der Waals surface area contributed by atoms with E-state index in [0.29, 0.717) is 43.9 Å². The van der Waals surface area contributed by atoms with Crippen LogP contribution in [-0.4, -0.2) is 84.2 Å². The molecule has 0 bridgehead atoms. The topological polar surface area (TPSA) is 97.0 Å². The van der Waals surface area contributed by atoms with Crippen molar-refractivity contribution in [3.63, 3.8) is 0 Å². The Morgan fingerprint density at radius 1 is 1.11 bits per heavy atom. The second kappa shape index (κ2) is 10.4. The lowest BCUT2D eigenvalue weighted by Gasteiger charge is -2.44.